The second-order valence-electron chi connectivity index (χ2n) is 6.10. The first-order valence-corrected chi connectivity index (χ1v) is 6.14. The van der Waals surface area contributed by atoms with Crippen molar-refractivity contribution in [1.82, 2.24) is 5.16 Å². The van der Waals surface area contributed by atoms with E-state index in [2.05, 4.69) is 5.16 Å². The van der Waals surface area contributed by atoms with Gasteiger partial charge in [-0.25, -0.2) is 0 Å². The molecule has 0 bridgehead atoms. The summed E-state index contributed by atoms with van der Waals surface area (Å²) in [5, 5.41) is 34.1. The van der Waals surface area contributed by atoms with E-state index in [0.717, 1.165) is 0 Å². The Kier molecular flexibility index (Phi) is 2.91. The van der Waals surface area contributed by atoms with Crippen molar-refractivity contribution in [2.45, 2.75) is 52.0 Å². The Balaban J connectivity index is 2.41. The van der Waals surface area contributed by atoms with Gasteiger partial charge in [-0.3, -0.25) is 4.90 Å². The maximum Gasteiger partial charge on any atom is 0.197 e. The van der Waals surface area contributed by atoms with Crippen LogP contribution in [0.2, 0.25) is 0 Å². The van der Waals surface area contributed by atoms with E-state index in [-0.39, 0.29) is 17.0 Å². The second kappa shape index (κ2) is 3.98. The third kappa shape index (κ3) is 2.01. The number of hydrogen-bond acceptors (Lipinski definition) is 6. The molecule has 2 rings (SSSR count). The standard InChI is InChI=1S/C13H20N2O4/c1-7-10(16)13(5,18)15(11(7)17)9-6-8(19-14-9)12(2,3)4/h6,11,16-18H,1-5H3. The maximum atomic E-state index is 10.3. The van der Waals surface area contributed by atoms with Gasteiger partial charge in [0.2, 0.25) is 0 Å². The second-order valence-corrected chi connectivity index (χ2v) is 6.10. The highest BCUT2D eigenvalue weighted by molar-refractivity contribution is 5.51. The largest absolute Gasteiger partial charge is 0.507 e. The van der Waals surface area contributed by atoms with Crippen molar-refractivity contribution < 1.29 is 19.8 Å². The minimum atomic E-state index is -1.70. The van der Waals surface area contributed by atoms with Crippen molar-refractivity contribution in [2.75, 3.05) is 4.90 Å². The number of nitrogens with zero attached hydrogens (tertiary/aromatic N) is 2. The van der Waals surface area contributed by atoms with E-state index in [1.54, 1.807) is 13.0 Å². The summed E-state index contributed by atoms with van der Waals surface area (Å²) in [4.78, 5) is 1.22. The number of aliphatic hydroxyl groups excluding tert-OH is 2. The van der Waals surface area contributed by atoms with Gasteiger partial charge in [-0.15, -0.1) is 0 Å². The van der Waals surface area contributed by atoms with Gasteiger partial charge in [0.1, 0.15) is 11.5 Å². The zero-order valence-corrected chi connectivity index (χ0v) is 11.8. The van der Waals surface area contributed by atoms with Crippen molar-refractivity contribution in [1.29, 1.82) is 0 Å². The fourth-order valence-electron chi connectivity index (χ4n) is 2.12. The van der Waals surface area contributed by atoms with E-state index in [1.807, 2.05) is 20.8 Å². The minimum absolute atomic E-state index is 0.230. The molecule has 1 aromatic rings. The van der Waals surface area contributed by atoms with Gasteiger partial charge in [0.25, 0.3) is 0 Å². The van der Waals surface area contributed by atoms with Crippen LogP contribution in [-0.2, 0) is 5.41 Å². The molecule has 6 nitrogen and oxygen atoms in total. The summed E-state index contributed by atoms with van der Waals surface area (Å²) in [7, 11) is 0. The summed E-state index contributed by atoms with van der Waals surface area (Å²) in [5.74, 6) is 0.653. The smallest absolute Gasteiger partial charge is 0.197 e. The molecule has 0 saturated heterocycles. The lowest BCUT2D eigenvalue weighted by atomic mass is 9.93. The summed E-state index contributed by atoms with van der Waals surface area (Å²) in [5.41, 5.74) is -1.63. The fraction of sp³-hybridized carbons (Fsp3) is 0.615. The summed E-state index contributed by atoms with van der Waals surface area (Å²) in [6.45, 7) is 8.86. The Morgan fingerprint density at radius 3 is 2.37 bits per heavy atom. The SMILES string of the molecule is CC1=C(O)C(C)(O)N(c2cc(C(C)(C)C)on2)C1O. The van der Waals surface area contributed by atoms with Gasteiger partial charge < -0.3 is 19.8 Å². The molecule has 0 radical (unpaired) electrons. The molecule has 6 heteroatoms. The average molecular weight is 268 g/mol. The predicted octanol–water partition coefficient (Wildman–Crippen LogP) is 1.65. The fourth-order valence-corrected chi connectivity index (χ4v) is 2.12. The quantitative estimate of drug-likeness (QED) is 0.717. The third-order valence-electron chi connectivity index (χ3n) is 3.41. The highest BCUT2D eigenvalue weighted by atomic mass is 16.5. The van der Waals surface area contributed by atoms with E-state index < -0.39 is 12.0 Å². The molecule has 0 aromatic carbocycles. The van der Waals surface area contributed by atoms with Gasteiger partial charge >= 0.3 is 0 Å². The molecule has 1 aliphatic heterocycles. The van der Waals surface area contributed by atoms with Gasteiger partial charge in [0.15, 0.2) is 17.8 Å². The van der Waals surface area contributed by atoms with Gasteiger partial charge in [0, 0.05) is 17.1 Å². The Morgan fingerprint density at radius 1 is 1.42 bits per heavy atom. The highest BCUT2D eigenvalue weighted by Crippen LogP contribution is 2.39. The van der Waals surface area contributed by atoms with Crippen LogP contribution in [0.5, 0.6) is 0 Å². The molecule has 0 saturated carbocycles. The third-order valence-corrected chi connectivity index (χ3v) is 3.41. The lowest BCUT2D eigenvalue weighted by molar-refractivity contribution is 0.0381. The monoisotopic (exact) mass is 268 g/mol. The lowest BCUT2D eigenvalue weighted by Gasteiger charge is -2.32. The van der Waals surface area contributed by atoms with Crippen molar-refractivity contribution in [3.63, 3.8) is 0 Å². The van der Waals surface area contributed by atoms with Crippen LogP contribution in [0.15, 0.2) is 21.9 Å². The first-order valence-electron chi connectivity index (χ1n) is 6.14. The van der Waals surface area contributed by atoms with E-state index in [0.29, 0.717) is 11.3 Å². The Hall–Kier alpha value is -1.53. The van der Waals surface area contributed by atoms with Crippen LogP contribution >= 0.6 is 0 Å². The van der Waals surface area contributed by atoms with Crippen molar-refractivity contribution in [2.24, 2.45) is 0 Å². The van der Waals surface area contributed by atoms with Gasteiger partial charge in [-0.2, -0.15) is 0 Å². The molecule has 1 aliphatic rings. The molecule has 2 heterocycles. The molecule has 1 aromatic heterocycles. The van der Waals surface area contributed by atoms with Crippen LogP contribution in [0.4, 0.5) is 5.82 Å². The highest BCUT2D eigenvalue weighted by Gasteiger charge is 2.48. The van der Waals surface area contributed by atoms with Crippen LogP contribution in [-0.4, -0.2) is 32.4 Å². The van der Waals surface area contributed by atoms with Gasteiger partial charge in [-0.1, -0.05) is 25.9 Å². The summed E-state index contributed by atoms with van der Waals surface area (Å²) >= 11 is 0. The zero-order valence-electron chi connectivity index (χ0n) is 11.8. The number of aromatic nitrogens is 1. The average Bonchev–Trinajstić information content (AvgIpc) is 2.79. The van der Waals surface area contributed by atoms with Crippen molar-refractivity contribution in [3.8, 4) is 0 Å². The molecule has 3 N–H and O–H groups in total. The van der Waals surface area contributed by atoms with Crippen molar-refractivity contribution >= 4 is 5.82 Å². The molecule has 0 aliphatic carbocycles. The molecule has 19 heavy (non-hydrogen) atoms. The lowest BCUT2D eigenvalue weighted by Crippen LogP contribution is -2.48. The van der Waals surface area contributed by atoms with Gasteiger partial charge in [-0.05, 0) is 13.8 Å². The predicted molar refractivity (Wildman–Crippen MR) is 69.6 cm³/mol. The van der Waals surface area contributed by atoms with Crippen LogP contribution in [0, 0.1) is 0 Å². The van der Waals surface area contributed by atoms with Crippen LogP contribution in [0.3, 0.4) is 0 Å². The summed E-state index contributed by atoms with van der Waals surface area (Å²) in [6.07, 6.45) is -1.13. The first kappa shape index (κ1) is 13.9. The van der Waals surface area contributed by atoms with E-state index >= 15 is 0 Å². The number of anilines is 1. The zero-order chi connectivity index (χ0) is 14.6. The maximum absolute atomic E-state index is 10.3. The molecule has 0 amide bonds. The van der Waals surface area contributed by atoms with E-state index in [4.69, 9.17) is 4.52 Å². The number of aliphatic hydroxyl groups is 3. The summed E-state index contributed by atoms with van der Waals surface area (Å²) in [6, 6.07) is 1.66. The molecular weight excluding hydrogens is 248 g/mol. The number of rotatable bonds is 1. The van der Waals surface area contributed by atoms with Crippen LogP contribution in [0.1, 0.15) is 40.4 Å². The Morgan fingerprint density at radius 2 is 2.00 bits per heavy atom. The normalized spacial score (nSPS) is 28.4. The van der Waals surface area contributed by atoms with E-state index in [1.165, 1.54) is 11.8 Å². The first-order chi connectivity index (χ1) is 8.56. The molecule has 2 unspecified atom stereocenters. The molecule has 2 atom stereocenters. The molecular formula is C13H20N2O4. The number of hydrogen-bond donors (Lipinski definition) is 3. The van der Waals surface area contributed by atoms with E-state index in [9.17, 15) is 15.3 Å². The Bertz CT molecular complexity index is 525. The Labute approximate surface area is 111 Å². The van der Waals surface area contributed by atoms with Crippen molar-refractivity contribution in [3.05, 3.63) is 23.2 Å². The molecule has 0 fully saturated rings. The molecule has 106 valence electrons. The summed E-state index contributed by atoms with van der Waals surface area (Å²) < 4.78 is 5.24. The minimum Gasteiger partial charge on any atom is -0.507 e. The topological polar surface area (TPSA) is 90.0 Å². The van der Waals surface area contributed by atoms with Gasteiger partial charge in [0.05, 0.1) is 0 Å². The molecule has 0 spiro atoms. The van der Waals surface area contributed by atoms with Crippen LogP contribution < -0.4 is 4.90 Å². The van der Waals surface area contributed by atoms with Crippen LogP contribution in [0.25, 0.3) is 0 Å².